The van der Waals surface area contributed by atoms with E-state index < -0.39 is 5.97 Å². The second kappa shape index (κ2) is 6.38. The third-order valence-electron chi connectivity index (χ3n) is 2.47. The zero-order valence-corrected chi connectivity index (χ0v) is 12.1. The number of thiocarbonyl (C=S) groups is 1. The second-order valence-electron chi connectivity index (χ2n) is 3.93. The number of carboxylic acid groups (broad SMARTS) is 1. The van der Waals surface area contributed by atoms with E-state index in [2.05, 4.69) is 22.7 Å². The summed E-state index contributed by atoms with van der Waals surface area (Å²) >= 11 is 10.5. The topological polar surface area (TPSA) is 101 Å². The molecule has 8 heteroatoms. The highest BCUT2D eigenvalue weighted by molar-refractivity contribution is 7.80. The molecule has 1 aromatic carbocycles. The number of benzene rings is 1. The Balaban J connectivity index is 2.33. The first-order valence-electron chi connectivity index (χ1n) is 5.69. The van der Waals surface area contributed by atoms with Gasteiger partial charge in [-0.15, -0.1) is 0 Å². The Morgan fingerprint density at radius 3 is 2.86 bits per heavy atom. The highest BCUT2D eigenvalue weighted by atomic mass is 35.5. The van der Waals surface area contributed by atoms with Crippen molar-refractivity contribution in [1.82, 2.24) is 5.43 Å². The molecule has 2 aromatic rings. The minimum absolute atomic E-state index is 0.0287. The predicted octanol–water partition coefficient (Wildman–Crippen LogP) is 2.47. The number of carbonyl (C=O) groups is 1. The molecule has 1 heterocycles. The summed E-state index contributed by atoms with van der Waals surface area (Å²) in [5.74, 6) is -0.292. The Bertz CT molecular complexity index is 727. The molecule has 0 amide bonds. The summed E-state index contributed by atoms with van der Waals surface area (Å²) in [5, 5.41) is 13.4. The van der Waals surface area contributed by atoms with Crippen LogP contribution in [0.4, 0.5) is 0 Å². The van der Waals surface area contributed by atoms with Gasteiger partial charge in [-0.1, -0.05) is 11.6 Å². The van der Waals surface area contributed by atoms with Crippen LogP contribution in [0.5, 0.6) is 0 Å². The molecule has 4 N–H and O–H groups in total. The molecule has 0 aliphatic heterocycles. The zero-order valence-electron chi connectivity index (χ0n) is 10.5. The summed E-state index contributed by atoms with van der Waals surface area (Å²) < 4.78 is 5.50. The van der Waals surface area contributed by atoms with Crippen molar-refractivity contribution in [3.63, 3.8) is 0 Å². The number of nitrogens with two attached hydrogens (primary N) is 1. The molecule has 0 saturated carbocycles. The molecule has 0 spiro atoms. The number of nitrogens with one attached hydrogen (secondary N) is 1. The lowest BCUT2D eigenvalue weighted by Gasteiger charge is -2.03. The van der Waals surface area contributed by atoms with Crippen LogP contribution in [-0.4, -0.2) is 22.4 Å². The van der Waals surface area contributed by atoms with E-state index >= 15 is 0 Å². The van der Waals surface area contributed by atoms with Gasteiger partial charge in [0, 0.05) is 10.6 Å². The van der Waals surface area contributed by atoms with E-state index in [1.165, 1.54) is 24.4 Å². The predicted molar refractivity (Wildman–Crippen MR) is 83.6 cm³/mol. The quantitative estimate of drug-likeness (QED) is 0.454. The van der Waals surface area contributed by atoms with Gasteiger partial charge in [0.15, 0.2) is 5.11 Å². The normalized spacial score (nSPS) is 10.7. The largest absolute Gasteiger partial charge is 0.478 e. The Hall–Kier alpha value is -2.38. The number of aromatic carboxylic acids is 1. The minimum Gasteiger partial charge on any atom is -0.478 e. The minimum atomic E-state index is -1.07. The van der Waals surface area contributed by atoms with Gasteiger partial charge in [-0.05, 0) is 42.5 Å². The average Bonchev–Trinajstić information content (AvgIpc) is 2.86. The maximum absolute atomic E-state index is 11.2. The zero-order chi connectivity index (χ0) is 15.4. The molecular formula is C13H10ClN3O3S. The van der Waals surface area contributed by atoms with Gasteiger partial charge in [-0.3, -0.25) is 5.43 Å². The van der Waals surface area contributed by atoms with Crippen LogP contribution in [-0.2, 0) is 0 Å². The maximum Gasteiger partial charge on any atom is 0.336 e. The van der Waals surface area contributed by atoms with Gasteiger partial charge >= 0.3 is 5.97 Å². The molecule has 0 unspecified atom stereocenters. The molecule has 1 aromatic heterocycles. The Labute approximate surface area is 130 Å². The van der Waals surface area contributed by atoms with Crippen molar-refractivity contribution in [3.05, 3.63) is 46.7 Å². The summed E-state index contributed by atoms with van der Waals surface area (Å²) in [6, 6.07) is 7.71. The lowest BCUT2D eigenvalue weighted by Crippen LogP contribution is -2.23. The molecule has 0 aliphatic rings. The van der Waals surface area contributed by atoms with Crippen molar-refractivity contribution in [2.45, 2.75) is 0 Å². The second-order valence-corrected chi connectivity index (χ2v) is 4.81. The summed E-state index contributed by atoms with van der Waals surface area (Å²) in [4.78, 5) is 11.2. The van der Waals surface area contributed by atoms with E-state index in [9.17, 15) is 9.90 Å². The first-order valence-corrected chi connectivity index (χ1v) is 6.47. The molecule has 21 heavy (non-hydrogen) atoms. The van der Waals surface area contributed by atoms with Gasteiger partial charge in [0.05, 0.1) is 11.8 Å². The van der Waals surface area contributed by atoms with Crippen LogP contribution in [0.25, 0.3) is 11.3 Å². The number of hydrogen-bond acceptors (Lipinski definition) is 4. The third-order valence-corrected chi connectivity index (χ3v) is 2.80. The summed E-state index contributed by atoms with van der Waals surface area (Å²) in [6.07, 6.45) is 1.37. The van der Waals surface area contributed by atoms with Crippen molar-refractivity contribution in [2.75, 3.05) is 0 Å². The first kappa shape index (κ1) is 15.0. The number of carboxylic acids is 1. The van der Waals surface area contributed by atoms with E-state index in [0.29, 0.717) is 22.1 Å². The summed E-state index contributed by atoms with van der Waals surface area (Å²) in [7, 11) is 0. The molecule has 0 fully saturated rings. The Morgan fingerprint density at radius 1 is 1.43 bits per heavy atom. The fourth-order valence-corrected chi connectivity index (χ4v) is 1.86. The molecule has 6 nitrogen and oxygen atoms in total. The molecule has 0 atom stereocenters. The van der Waals surface area contributed by atoms with E-state index in [1.54, 1.807) is 12.1 Å². The van der Waals surface area contributed by atoms with Crippen molar-refractivity contribution >= 4 is 41.1 Å². The van der Waals surface area contributed by atoms with Gasteiger partial charge in [0.1, 0.15) is 11.5 Å². The van der Waals surface area contributed by atoms with E-state index in [1.807, 2.05) is 0 Å². The van der Waals surface area contributed by atoms with Gasteiger partial charge < -0.3 is 15.3 Å². The SMILES string of the molecule is NC(=S)N/N=C\c1ccc(-c2cc(Cl)ccc2C(=O)O)o1. The fourth-order valence-electron chi connectivity index (χ4n) is 1.63. The highest BCUT2D eigenvalue weighted by Gasteiger charge is 2.15. The van der Waals surface area contributed by atoms with Crippen molar-refractivity contribution in [1.29, 1.82) is 0 Å². The number of rotatable bonds is 4. The molecule has 2 rings (SSSR count). The highest BCUT2D eigenvalue weighted by Crippen LogP contribution is 2.28. The van der Waals surface area contributed by atoms with E-state index in [-0.39, 0.29) is 10.7 Å². The summed E-state index contributed by atoms with van der Waals surface area (Å²) in [5.41, 5.74) is 8.09. The van der Waals surface area contributed by atoms with Crippen molar-refractivity contribution in [3.8, 4) is 11.3 Å². The number of nitrogens with zero attached hydrogens (tertiary/aromatic N) is 1. The molecule has 0 saturated heterocycles. The van der Waals surface area contributed by atoms with Crippen molar-refractivity contribution < 1.29 is 14.3 Å². The maximum atomic E-state index is 11.2. The van der Waals surface area contributed by atoms with Gasteiger partial charge in [0.25, 0.3) is 0 Å². The molecule has 108 valence electrons. The van der Waals surface area contributed by atoms with Crippen LogP contribution in [0, 0.1) is 0 Å². The number of halogens is 1. The average molecular weight is 324 g/mol. The number of hydrogen-bond donors (Lipinski definition) is 3. The molecule has 0 radical (unpaired) electrons. The van der Waals surface area contributed by atoms with Gasteiger partial charge in [-0.25, -0.2) is 4.79 Å². The first-order chi connectivity index (χ1) is 9.97. The molecular weight excluding hydrogens is 314 g/mol. The van der Waals surface area contributed by atoms with Gasteiger partial charge in [0.2, 0.25) is 0 Å². The Morgan fingerprint density at radius 2 is 2.19 bits per heavy atom. The van der Waals surface area contributed by atoms with Crippen LogP contribution >= 0.6 is 23.8 Å². The smallest absolute Gasteiger partial charge is 0.336 e. The fraction of sp³-hybridized carbons (Fsp3) is 0. The molecule has 0 bridgehead atoms. The van der Waals surface area contributed by atoms with E-state index in [0.717, 1.165) is 0 Å². The standard InChI is InChI=1S/C13H10ClN3O3S/c14-7-1-3-9(12(18)19)10(5-7)11-4-2-8(20-11)6-16-17-13(15)21/h1-6H,(H,18,19)(H3,15,17,21)/b16-6-. The lowest BCUT2D eigenvalue weighted by molar-refractivity contribution is 0.0697. The number of furan rings is 1. The van der Waals surface area contributed by atoms with Crippen LogP contribution < -0.4 is 11.2 Å². The summed E-state index contributed by atoms with van der Waals surface area (Å²) in [6.45, 7) is 0. The monoisotopic (exact) mass is 323 g/mol. The van der Waals surface area contributed by atoms with Crippen molar-refractivity contribution in [2.24, 2.45) is 10.8 Å². The van der Waals surface area contributed by atoms with Gasteiger partial charge in [-0.2, -0.15) is 5.10 Å². The third kappa shape index (κ3) is 3.80. The van der Waals surface area contributed by atoms with E-state index in [4.69, 9.17) is 21.8 Å². The van der Waals surface area contributed by atoms with Crippen LogP contribution in [0.1, 0.15) is 16.1 Å². The van der Waals surface area contributed by atoms with Crippen LogP contribution in [0.2, 0.25) is 5.02 Å². The molecule has 0 aliphatic carbocycles. The number of hydrazone groups is 1. The van der Waals surface area contributed by atoms with Crippen LogP contribution in [0.3, 0.4) is 0 Å². The Kier molecular flexibility index (Phi) is 4.56. The lowest BCUT2D eigenvalue weighted by atomic mass is 10.1. The van der Waals surface area contributed by atoms with Crippen LogP contribution in [0.15, 0.2) is 39.9 Å².